The minimum atomic E-state index is -0.470. The highest BCUT2D eigenvalue weighted by Gasteiger charge is 2.24. The molecule has 0 radical (unpaired) electrons. The summed E-state index contributed by atoms with van der Waals surface area (Å²) in [5.41, 5.74) is 2.12. The maximum absolute atomic E-state index is 12.7. The molecule has 2 rings (SSSR count). The summed E-state index contributed by atoms with van der Waals surface area (Å²) in [6.07, 6.45) is 0. The first kappa shape index (κ1) is 22.9. The third-order valence-corrected chi connectivity index (χ3v) is 4.88. The van der Waals surface area contributed by atoms with Crippen LogP contribution >= 0.6 is 23.2 Å². The molecule has 0 saturated carbocycles. The number of carbonyl (C=O) groups is 3. The molecule has 0 bridgehead atoms. The fourth-order valence-electron chi connectivity index (χ4n) is 2.96. The predicted molar refractivity (Wildman–Crippen MR) is 113 cm³/mol. The van der Waals surface area contributed by atoms with Gasteiger partial charge in [0.05, 0.1) is 46.7 Å². The Kier molecular flexibility index (Phi) is 7.84. The summed E-state index contributed by atoms with van der Waals surface area (Å²) in [5.74, 6) is -1.07. The van der Waals surface area contributed by atoms with Gasteiger partial charge in [-0.05, 0) is 45.5 Å². The van der Waals surface area contributed by atoms with E-state index in [9.17, 15) is 14.4 Å². The van der Waals surface area contributed by atoms with Crippen molar-refractivity contribution in [3.05, 3.63) is 50.8 Å². The second-order valence-electron chi connectivity index (χ2n) is 6.59. The molecular weight excluding hydrogens is 417 g/mol. The van der Waals surface area contributed by atoms with Crippen LogP contribution in [0.5, 0.6) is 0 Å². The summed E-state index contributed by atoms with van der Waals surface area (Å²) in [5, 5.41) is 3.31. The van der Waals surface area contributed by atoms with E-state index in [2.05, 4.69) is 10.3 Å². The van der Waals surface area contributed by atoms with Crippen LogP contribution in [0.1, 0.15) is 39.0 Å². The predicted octanol–water partition coefficient (Wildman–Crippen LogP) is 3.87. The van der Waals surface area contributed by atoms with Crippen molar-refractivity contribution in [2.75, 3.05) is 32.1 Å². The molecule has 156 valence electrons. The molecule has 7 nitrogen and oxygen atoms in total. The van der Waals surface area contributed by atoms with Gasteiger partial charge in [0.1, 0.15) is 0 Å². The molecule has 2 N–H and O–H groups in total. The Morgan fingerprint density at radius 3 is 2.34 bits per heavy atom. The Labute approximate surface area is 179 Å². The zero-order valence-corrected chi connectivity index (χ0v) is 18.2. The van der Waals surface area contributed by atoms with Crippen molar-refractivity contribution in [3.63, 3.8) is 0 Å². The summed E-state index contributed by atoms with van der Waals surface area (Å²) in [6, 6.07) is 4.91. The zero-order valence-electron chi connectivity index (χ0n) is 16.7. The van der Waals surface area contributed by atoms with Gasteiger partial charge < -0.3 is 15.0 Å². The van der Waals surface area contributed by atoms with Crippen molar-refractivity contribution in [1.82, 2.24) is 9.88 Å². The van der Waals surface area contributed by atoms with E-state index in [1.165, 1.54) is 0 Å². The maximum Gasteiger partial charge on any atom is 0.340 e. The molecule has 1 amide bonds. The number of H-pyrrole nitrogens is 1. The van der Waals surface area contributed by atoms with E-state index in [4.69, 9.17) is 27.9 Å². The number of esters is 1. The fraction of sp³-hybridized carbons (Fsp3) is 0.350. The van der Waals surface area contributed by atoms with Crippen LogP contribution in [0.25, 0.3) is 0 Å². The number of aryl methyl sites for hydroxylation is 1. The number of nitrogens with zero attached hydrogens (tertiary/aromatic N) is 1. The lowest BCUT2D eigenvalue weighted by Gasteiger charge is -2.16. The number of ether oxygens (including phenoxy) is 1. The number of hydrogen-bond donors (Lipinski definition) is 2. The fourth-order valence-corrected chi connectivity index (χ4v) is 3.45. The first-order valence-electron chi connectivity index (χ1n) is 8.97. The Hall–Kier alpha value is -2.35. The Balaban J connectivity index is 2.03. The number of anilines is 1. The van der Waals surface area contributed by atoms with Gasteiger partial charge in [-0.25, -0.2) is 4.79 Å². The first-order chi connectivity index (χ1) is 13.6. The van der Waals surface area contributed by atoms with Crippen LogP contribution in [0.4, 0.5) is 5.69 Å². The van der Waals surface area contributed by atoms with Crippen molar-refractivity contribution in [1.29, 1.82) is 0 Å². The molecule has 1 aromatic carbocycles. The quantitative estimate of drug-likeness (QED) is 0.481. The SMILES string of the molecule is CCOC(=O)c1c(C)[nH]c(C(=O)CN(C)CC(=O)Nc2c(Cl)cccc2Cl)c1C. The van der Waals surface area contributed by atoms with Gasteiger partial charge in [0.15, 0.2) is 5.78 Å². The second kappa shape index (κ2) is 9.91. The highest BCUT2D eigenvalue weighted by molar-refractivity contribution is 6.39. The summed E-state index contributed by atoms with van der Waals surface area (Å²) in [7, 11) is 1.64. The number of benzene rings is 1. The number of aromatic amines is 1. The monoisotopic (exact) mass is 439 g/mol. The number of amides is 1. The second-order valence-corrected chi connectivity index (χ2v) is 7.40. The molecule has 2 aromatic rings. The van der Waals surface area contributed by atoms with Crippen LogP contribution in [0.2, 0.25) is 10.0 Å². The van der Waals surface area contributed by atoms with Crippen molar-refractivity contribution < 1.29 is 19.1 Å². The molecule has 29 heavy (non-hydrogen) atoms. The number of aromatic nitrogens is 1. The normalized spacial score (nSPS) is 10.9. The molecule has 0 aliphatic rings. The van der Waals surface area contributed by atoms with Crippen LogP contribution in [-0.2, 0) is 9.53 Å². The van der Waals surface area contributed by atoms with E-state index in [0.29, 0.717) is 38.2 Å². The van der Waals surface area contributed by atoms with Crippen LogP contribution in [0, 0.1) is 13.8 Å². The van der Waals surface area contributed by atoms with Gasteiger partial charge in [0.25, 0.3) is 0 Å². The van der Waals surface area contributed by atoms with Gasteiger partial charge in [-0.2, -0.15) is 0 Å². The zero-order chi connectivity index (χ0) is 21.7. The third-order valence-electron chi connectivity index (χ3n) is 4.25. The number of para-hydroxylation sites is 1. The number of ketones is 1. The van der Waals surface area contributed by atoms with Crippen molar-refractivity contribution >= 4 is 46.5 Å². The standard InChI is InChI=1S/C20H23Cl2N3O4/c1-5-29-20(28)17-11(2)18(23-12(17)3)15(26)9-25(4)10-16(27)24-19-13(21)7-6-8-14(19)22/h6-8,23H,5,9-10H2,1-4H3,(H,24,27). The number of rotatable bonds is 8. The van der Waals surface area contributed by atoms with Gasteiger partial charge >= 0.3 is 5.97 Å². The Bertz CT molecular complexity index is 920. The van der Waals surface area contributed by atoms with Gasteiger partial charge in [0.2, 0.25) is 5.91 Å². The number of hydrogen-bond acceptors (Lipinski definition) is 5. The lowest BCUT2D eigenvalue weighted by Crippen LogP contribution is -2.34. The number of likely N-dealkylation sites (N-methyl/N-ethyl adjacent to an activating group) is 1. The molecule has 0 spiro atoms. The Morgan fingerprint density at radius 2 is 1.76 bits per heavy atom. The summed E-state index contributed by atoms with van der Waals surface area (Å²) >= 11 is 12.1. The van der Waals surface area contributed by atoms with Crippen LogP contribution in [-0.4, -0.2) is 54.3 Å². The average Bonchev–Trinajstić information content (AvgIpc) is 2.93. The summed E-state index contributed by atoms with van der Waals surface area (Å²) in [6.45, 7) is 5.30. The molecule has 1 heterocycles. The van der Waals surface area contributed by atoms with Gasteiger partial charge in [-0.15, -0.1) is 0 Å². The number of carbonyl (C=O) groups excluding carboxylic acids is 3. The van der Waals surface area contributed by atoms with Gasteiger partial charge in [-0.1, -0.05) is 29.3 Å². The van der Waals surface area contributed by atoms with E-state index >= 15 is 0 Å². The molecule has 0 aliphatic carbocycles. The van der Waals surface area contributed by atoms with Crippen LogP contribution in [0.3, 0.4) is 0 Å². The van der Waals surface area contributed by atoms with E-state index in [1.54, 1.807) is 50.9 Å². The lowest BCUT2D eigenvalue weighted by atomic mass is 10.1. The maximum atomic E-state index is 12.7. The van der Waals surface area contributed by atoms with Crippen LogP contribution in [0.15, 0.2) is 18.2 Å². The average molecular weight is 440 g/mol. The van der Waals surface area contributed by atoms with E-state index in [0.717, 1.165) is 0 Å². The summed E-state index contributed by atoms with van der Waals surface area (Å²) < 4.78 is 5.04. The van der Waals surface area contributed by atoms with Crippen molar-refractivity contribution in [2.24, 2.45) is 0 Å². The lowest BCUT2D eigenvalue weighted by molar-refractivity contribution is -0.116. The smallest absolute Gasteiger partial charge is 0.340 e. The molecule has 0 fully saturated rings. The molecule has 1 aromatic heterocycles. The summed E-state index contributed by atoms with van der Waals surface area (Å²) in [4.78, 5) is 41.5. The van der Waals surface area contributed by atoms with Gasteiger partial charge in [-0.3, -0.25) is 14.5 Å². The topological polar surface area (TPSA) is 91.5 Å². The molecular formula is C20H23Cl2N3O4. The largest absolute Gasteiger partial charge is 0.462 e. The van der Waals surface area contributed by atoms with Crippen molar-refractivity contribution in [2.45, 2.75) is 20.8 Å². The first-order valence-corrected chi connectivity index (χ1v) is 9.73. The van der Waals surface area contributed by atoms with Crippen molar-refractivity contribution in [3.8, 4) is 0 Å². The minimum Gasteiger partial charge on any atom is -0.462 e. The number of halogens is 2. The highest BCUT2D eigenvalue weighted by Crippen LogP contribution is 2.29. The number of nitrogens with one attached hydrogen (secondary N) is 2. The molecule has 9 heteroatoms. The third kappa shape index (κ3) is 5.59. The van der Waals surface area contributed by atoms with E-state index in [-0.39, 0.29) is 31.4 Å². The minimum absolute atomic E-state index is 0.0211. The highest BCUT2D eigenvalue weighted by atomic mass is 35.5. The molecule has 0 saturated heterocycles. The Morgan fingerprint density at radius 1 is 1.14 bits per heavy atom. The molecule has 0 atom stereocenters. The number of Topliss-reactive ketones (excluding diaryl/α,β-unsaturated/α-hetero) is 1. The molecule has 0 aliphatic heterocycles. The van der Waals surface area contributed by atoms with Gasteiger partial charge in [0, 0.05) is 5.69 Å². The van der Waals surface area contributed by atoms with E-state index < -0.39 is 5.97 Å². The van der Waals surface area contributed by atoms with Crippen LogP contribution < -0.4 is 5.32 Å². The van der Waals surface area contributed by atoms with E-state index in [1.807, 2.05) is 0 Å². The molecule has 0 unspecified atom stereocenters.